The zero-order valence-electron chi connectivity index (χ0n) is 6.92. The summed E-state index contributed by atoms with van der Waals surface area (Å²) in [5.74, 6) is 0. The third kappa shape index (κ3) is 11.0. The third-order valence-electron chi connectivity index (χ3n) is 1.08. The molecule has 0 aromatic heterocycles. The minimum absolute atomic E-state index is 0.640. The van der Waals surface area contributed by atoms with E-state index in [-0.39, 0.29) is 0 Å². The van der Waals surface area contributed by atoms with Crippen molar-refractivity contribution < 1.29 is 13.0 Å². The molecule has 1 aromatic rings. The quantitative estimate of drug-likeness (QED) is 0.555. The maximum atomic E-state index is 8.97. The molecule has 0 heterocycles. The van der Waals surface area contributed by atoms with Crippen molar-refractivity contribution in [2.75, 3.05) is 0 Å². The van der Waals surface area contributed by atoms with Gasteiger partial charge in [0.25, 0.3) is 0 Å². The van der Waals surface area contributed by atoms with Crippen LogP contribution in [0, 0.1) is 0 Å². The van der Waals surface area contributed by atoms with E-state index in [1.807, 2.05) is 30.3 Å². The molecule has 0 amide bonds. The Balaban J connectivity index is 0.000000252. The monoisotopic (exact) mass is 204 g/mol. The highest BCUT2D eigenvalue weighted by atomic mass is 32.2. The molecule has 0 fully saturated rings. The van der Waals surface area contributed by atoms with Gasteiger partial charge < -0.3 is 5.73 Å². The zero-order chi connectivity index (χ0) is 10.3. The second kappa shape index (κ2) is 5.65. The number of rotatable bonds is 1. The molecule has 0 saturated heterocycles. The minimum Gasteiger partial charge on any atom is -0.326 e. The molecule has 0 unspecified atom stereocenters. The van der Waals surface area contributed by atoms with E-state index in [4.69, 9.17) is 18.7 Å². The Morgan fingerprint density at radius 1 is 1.23 bits per heavy atom. The Morgan fingerprint density at radius 2 is 1.62 bits per heavy atom. The van der Waals surface area contributed by atoms with Gasteiger partial charge in [-0.05, 0) is 5.56 Å². The van der Waals surface area contributed by atoms with Crippen LogP contribution in [0.3, 0.4) is 0 Å². The molecule has 1 aromatic carbocycles. The summed E-state index contributed by atoms with van der Waals surface area (Å²) in [7, 11) is -4.17. The fraction of sp³-hybridized carbons (Fsp3) is 0.143. The molecule has 5 nitrogen and oxygen atoms in total. The van der Waals surface area contributed by atoms with Crippen LogP contribution in [0.25, 0.3) is 0 Å². The molecular weight excluding hydrogens is 192 g/mol. The average molecular weight is 204 g/mol. The van der Waals surface area contributed by atoms with Crippen molar-refractivity contribution in [2.24, 2.45) is 10.9 Å². The van der Waals surface area contributed by atoms with Crippen molar-refractivity contribution in [2.45, 2.75) is 6.54 Å². The molecule has 0 saturated carbocycles. The topological polar surface area (TPSA) is 106 Å². The van der Waals surface area contributed by atoms with Crippen molar-refractivity contribution >= 4 is 10.3 Å². The van der Waals surface area contributed by atoms with Crippen LogP contribution < -0.4 is 10.9 Å². The Kier molecular flexibility index (Phi) is 5.24. The molecular formula is C7H12N2O3S. The summed E-state index contributed by atoms with van der Waals surface area (Å²) in [5.41, 5.74) is 6.54. The van der Waals surface area contributed by atoms with E-state index in [1.54, 1.807) is 0 Å². The predicted octanol–water partition coefficient (Wildman–Crippen LogP) is -0.107. The normalized spacial score (nSPS) is 10.1. The van der Waals surface area contributed by atoms with Crippen molar-refractivity contribution in [1.29, 1.82) is 0 Å². The van der Waals surface area contributed by atoms with E-state index in [0.29, 0.717) is 6.54 Å². The molecule has 74 valence electrons. The first kappa shape index (κ1) is 12.0. The third-order valence-corrected chi connectivity index (χ3v) is 1.08. The lowest BCUT2D eigenvalue weighted by atomic mass is 10.2. The van der Waals surface area contributed by atoms with Crippen molar-refractivity contribution in [3.8, 4) is 0 Å². The van der Waals surface area contributed by atoms with Crippen LogP contribution in [0.2, 0.25) is 0 Å². The van der Waals surface area contributed by atoms with Crippen LogP contribution in [0.5, 0.6) is 0 Å². The summed E-state index contributed by atoms with van der Waals surface area (Å²) in [6, 6.07) is 9.99. The highest BCUT2D eigenvalue weighted by Crippen LogP contribution is 1.94. The van der Waals surface area contributed by atoms with Gasteiger partial charge in [0.1, 0.15) is 0 Å². The van der Waals surface area contributed by atoms with Crippen LogP contribution in [0.4, 0.5) is 0 Å². The van der Waals surface area contributed by atoms with Gasteiger partial charge in [-0.15, -0.1) is 0 Å². The Hall–Kier alpha value is -0.950. The van der Waals surface area contributed by atoms with E-state index >= 15 is 0 Å². The van der Waals surface area contributed by atoms with Crippen molar-refractivity contribution in [1.82, 2.24) is 0 Å². The summed E-state index contributed by atoms with van der Waals surface area (Å²) >= 11 is 0. The number of hydrogen-bond donors (Lipinski definition) is 3. The molecule has 0 spiro atoms. The van der Waals surface area contributed by atoms with Crippen LogP contribution in [0.15, 0.2) is 30.3 Å². The SMILES string of the molecule is NCc1ccccc1.NS(=O)(=O)O. The van der Waals surface area contributed by atoms with Crippen LogP contribution in [0.1, 0.15) is 5.56 Å². The van der Waals surface area contributed by atoms with Crippen LogP contribution in [-0.4, -0.2) is 13.0 Å². The first-order valence-corrected chi connectivity index (χ1v) is 4.93. The smallest absolute Gasteiger partial charge is 0.326 e. The van der Waals surface area contributed by atoms with Gasteiger partial charge in [-0.3, -0.25) is 4.55 Å². The summed E-state index contributed by atoms with van der Waals surface area (Å²) in [4.78, 5) is 0. The Labute approximate surface area is 77.2 Å². The molecule has 0 aliphatic heterocycles. The molecule has 0 bridgehead atoms. The molecule has 6 heteroatoms. The van der Waals surface area contributed by atoms with Gasteiger partial charge in [0.2, 0.25) is 0 Å². The zero-order valence-corrected chi connectivity index (χ0v) is 7.74. The second-order valence-electron chi connectivity index (χ2n) is 2.20. The van der Waals surface area contributed by atoms with Crippen LogP contribution in [-0.2, 0) is 16.8 Å². The average Bonchev–Trinajstić information content (AvgIpc) is 2.03. The highest BCUT2D eigenvalue weighted by molar-refractivity contribution is 7.83. The van der Waals surface area contributed by atoms with Gasteiger partial charge in [0.15, 0.2) is 0 Å². The molecule has 0 aliphatic rings. The lowest BCUT2D eigenvalue weighted by Gasteiger charge is -1.90. The first-order chi connectivity index (χ1) is 5.93. The Bertz CT molecular complexity index is 315. The predicted molar refractivity (Wildman–Crippen MR) is 50.1 cm³/mol. The van der Waals surface area contributed by atoms with Crippen molar-refractivity contribution in [3.63, 3.8) is 0 Å². The molecule has 0 atom stereocenters. The standard InChI is InChI=1S/C7H9N.H3NO3S/c8-6-7-4-2-1-3-5-7;1-5(2,3)4/h1-5H,6,8H2;(H3,1,2,3,4). The maximum absolute atomic E-state index is 8.97. The maximum Gasteiger partial charge on any atom is 0.330 e. The number of nitrogens with two attached hydrogens (primary N) is 2. The van der Waals surface area contributed by atoms with Gasteiger partial charge in [-0.2, -0.15) is 8.42 Å². The molecule has 0 radical (unpaired) electrons. The summed E-state index contributed by atoms with van der Waals surface area (Å²) < 4.78 is 25.2. The Morgan fingerprint density at radius 3 is 1.85 bits per heavy atom. The molecule has 13 heavy (non-hydrogen) atoms. The number of benzene rings is 1. The number of hydrogen-bond acceptors (Lipinski definition) is 3. The van der Waals surface area contributed by atoms with Gasteiger partial charge in [0, 0.05) is 6.54 Å². The van der Waals surface area contributed by atoms with E-state index in [0.717, 1.165) is 0 Å². The lowest BCUT2D eigenvalue weighted by Crippen LogP contribution is -2.08. The summed E-state index contributed by atoms with van der Waals surface area (Å²) in [5, 5.41) is 3.88. The lowest BCUT2D eigenvalue weighted by molar-refractivity contribution is 0.485. The summed E-state index contributed by atoms with van der Waals surface area (Å²) in [6.07, 6.45) is 0. The fourth-order valence-corrected chi connectivity index (χ4v) is 0.614. The minimum atomic E-state index is -4.17. The van der Waals surface area contributed by atoms with E-state index in [2.05, 4.69) is 5.14 Å². The largest absolute Gasteiger partial charge is 0.330 e. The first-order valence-electron chi connectivity index (χ1n) is 3.42. The van der Waals surface area contributed by atoms with Crippen molar-refractivity contribution in [3.05, 3.63) is 35.9 Å². The summed E-state index contributed by atoms with van der Waals surface area (Å²) in [6.45, 7) is 0.640. The van der Waals surface area contributed by atoms with E-state index in [9.17, 15) is 0 Å². The molecule has 1 rings (SSSR count). The molecule has 5 N–H and O–H groups in total. The van der Waals surface area contributed by atoms with E-state index < -0.39 is 10.3 Å². The highest BCUT2D eigenvalue weighted by Gasteiger charge is 1.81. The molecule has 0 aliphatic carbocycles. The van der Waals surface area contributed by atoms with Gasteiger partial charge in [-0.1, -0.05) is 30.3 Å². The second-order valence-corrected chi connectivity index (χ2v) is 3.23. The van der Waals surface area contributed by atoms with Crippen LogP contribution >= 0.6 is 0 Å². The van der Waals surface area contributed by atoms with Gasteiger partial charge in [-0.25, -0.2) is 5.14 Å². The fourth-order valence-electron chi connectivity index (χ4n) is 0.614. The van der Waals surface area contributed by atoms with E-state index in [1.165, 1.54) is 5.56 Å². The van der Waals surface area contributed by atoms with Gasteiger partial charge in [0.05, 0.1) is 0 Å². The van der Waals surface area contributed by atoms with Gasteiger partial charge >= 0.3 is 10.3 Å².